The Morgan fingerprint density at radius 2 is 1.83 bits per heavy atom. The summed E-state index contributed by atoms with van der Waals surface area (Å²) in [7, 11) is 1.37. The van der Waals surface area contributed by atoms with Crippen molar-refractivity contribution >= 4 is 35.7 Å². The van der Waals surface area contributed by atoms with Gasteiger partial charge in [0.2, 0.25) is 9.05 Å². The van der Waals surface area contributed by atoms with E-state index in [9.17, 15) is 8.42 Å². The van der Waals surface area contributed by atoms with Crippen LogP contribution in [0.15, 0.2) is 0 Å². The van der Waals surface area contributed by atoms with E-state index in [2.05, 4.69) is 26.6 Å². The van der Waals surface area contributed by atoms with Crippen LogP contribution in [0.4, 0.5) is 0 Å². The summed E-state index contributed by atoms with van der Waals surface area (Å²) in [6, 6.07) is 0. The smallest absolute Gasteiger partial charge is 0.211 e. The first kappa shape index (κ1) is 6.72. The lowest BCUT2D eigenvalue weighted by atomic mass is 11.9. The summed E-state index contributed by atoms with van der Waals surface area (Å²) in [5.41, 5.74) is 0. The second-order valence-electron chi connectivity index (χ2n) is 0.648. The SMILES string of the molecule is O=S(=O)(Cl)CBr. The largest absolute Gasteiger partial charge is 0.242 e. The highest BCUT2D eigenvalue weighted by Gasteiger charge is 1.96. The van der Waals surface area contributed by atoms with Crippen molar-refractivity contribution in [2.75, 3.05) is 4.66 Å². The maximum Gasteiger partial charge on any atom is 0.242 e. The van der Waals surface area contributed by atoms with Crippen LogP contribution in [0.1, 0.15) is 0 Å². The highest BCUT2D eigenvalue weighted by molar-refractivity contribution is 9.11. The average molecular weight is 193 g/mol. The van der Waals surface area contributed by atoms with Gasteiger partial charge in [-0.2, -0.15) is 0 Å². The highest BCUT2D eigenvalue weighted by Crippen LogP contribution is 1.98. The summed E-state index contributed by atoms with van der Waals surface area (Å²) >= 11 is 2.65. The van der Waals surface area contributed by atoms with Gasteiger partial charge in [0.05, 0.1) is 0 Å². The Hall–Kier alpha value is 0.720. The fourth-order valence-electron chi connectivity index (χ4n) is 0. The quantitative estimate of drug-likeness (QED) is 0.458. The normalized spacial score (nSPS) is 11.7. The van der Waals surface area contributed by atoms with Gasteiger partial charge < -0.3 is 0 Å². The third-order valence-electron chi connectivity index (χ3n) is 0.130. The Labute approximate surface area is 49.0 Å². The van der Waals surface area contributed by atoms with E-state index in [-0.39, 0.29) is 4.66 Å². The molecular formula is CH2BrClO2S. The number of hydrogen-bond acceptors (Lipinski definition) is 2. The van der Waals surface area contributed by atoms with E-state index in [1.165, 1.54) is 0 Å². The van der Waals surface area contributed by atoms with Crippen molar-refractivity contribution in [3.05, 3.63) is 0 Å². The van der Waals surface area contributed by atoms with Gasteiger partial charge in [-0.05, 0) is 0 Å². The highest BCUT2D eigenvalue weighted by atomic mass is 79.9. The number of halogens is 2. The van der Waals surface area contributed by atoms with E-state index in [1.807, 2.05) is 0 Å². The Morgan fingerprint density at radius 1 is 1.67 bits per heavy atom. The summed E-state index contributed by atoms with van der Waals surface area (Å²) in [6.07, 6.45) is 0. The lowest BCUT2D eigenvalue weighted by Crippen LogP contribution is -1.84. The first-order valence-electron chi connectivity index (χ1n) is 1.04. The molecule has 0 aromatic rings. The molecule has 0 aromatic heterocycles. The van der Waals surface area contributed by atoms with Gasteiger partial charge in [0, 0.05) is 10.7 Å². The molecule has 0 rings (SSSR count). The van der Waals surface area contributed by atoms with Gasteiger partial charge in [-0.3, -0.25) is 0 Å². The standard InChI is InChI=1S/CH2BrClO2S/c2-1-6(3,4)5/h1H2. The summed E-state index contributed by atoms with van der Waals surface area (Å²) in [4.78, 5) is 0. The maximum absolute atomic E-state index is 9.72. The van der Waals surface area contributed by atoms with E-state index in [0.717, 1.165) is 0 Å². The van der Waals surface area contributed by atoms with Crippen LogP contribution in [0.2, 0.25) is 0 Å². The summed E-state index contributed by atoms with van der Waals surface area (Å²) in [5.74, 6) is 0. The Bertz CT molecular complexity index is 116. The van der Waals surface area contributed by atoms with Gasteiger partial charge in [0.1, 0.15) is 4.66 Å². The van der Waals surface area contributed by atoms with E-state index in [4.69, 9.17) is 0 Å². The minimum Gasteiger partial charge on any atom is -0.211 e. The third kappa shape index (κ3) is 4.72. The fourth-order valence-corrected chi connectivity index (χ4v) is 0. The van der Waals surface area contributed by atoms with Crippen LogP contribution in [-0.4, -0.2) is 13.1 Å². The van der Waals surface area contributed by atoms with Crippen LogP contribution in [0.3, 0.4) is 0 Å². The molecule has 0 amide bonds. The van der Waals surface area contributed by atoms with Crippen LogP contribution in [0, 0.1) is 0 Å². The molecule has 0 heterocycles. The lowest BCUT2D eigenvalue weighted by Gasteiger charge is -1.75. The van der Waals surface area contributed by atoms with Gasteiger partial charge in [0.25, 0.3) is 0 Å². The minimum atomic E-state index is -3.27. The summed E-state index contributed by atoms with van der Waals surface area (Å²) in [5, 5.41) is 0. The minimum absolute atomic E-state index is 0.179. The predicted molar refractivity (Wildman–Crippen MR) is 28.6 cm³/mol. The summed E-state index contributed by atoms with van der Waals surface area (Å²) in [6.45, 7) is 0. The second-order valence-corrected chi connectivity index (χ2v) is 4.73. The van der Waals surface area contributed by atoms with Crippen molar-refractivity contribution in [3.8, 4) is 0 Å². The monoisotopic (exact) mass is 192 g/mol. The Morgan fingerprint density at radius 3 is 1.83 bits per heavy atom. The zero-order valence-electron chi connectivity index (χ0n) is 2.69. The van der Waals surface area contributed by atoms with Crippen molar-refractivity contribution in [2.45, 2.75) is 0 Å². The molecule has 0 aliphatic heterocycles. The van der Waals surface area contributed by atoms with Crippen molar-refractivity contribution in [1.29, 1.82) is 0 Å². The molecule has 0 fully saturated rings. The van der Waals surface area contributed by atoms with Crippen LogP contribution >= 0.6 is 26.6 Å². The van der Waals surface area contributed by atoms with Crippen molar-refractivity contribution in [3.63, 3.8) is 0 Å². The zero-order chi connectivity index (χ0) is 5.21. The third-order valence-corrected chi connectivity index (χ3v) is 3.32. The lowest BCUT2D eigenvalue weighted by molar-refractivity contribution is 0.614. The first-order valence-corrected chi connectivity index (χ1v) is 4.64. The summed E-state index contributed by atoms with van der Waals surface area (Å²) < 4.78 is 19.3. The second kappa shape index (κ2) is 2.14. The van der Waals surface area contributed by atoms with Gasteiger partial charge in [-0.1, -0.05) is 15.9 Å². The fraction of sp³-hybridized carbons (Fsp3) is 1.00. The maximum atomic E-state index is 9.72. The number of alkyl halides is 1. The van der Waals surface area contributed by atoms with Crippen LogP contribution in [0.5, 0.6) is 0 Å². The van der Waals surface area contributed by atoms with Gasteiger partial charge in [0.15, 0.2) is 0 Å². The van der Waals surface area contributed by atoms with Gasteiger partial charge in [-0.25, -0.2) is 8.42 Å². The molecule has 2 nitrogen and oxygen atoms in total. The van der Waals surface area contributed by atoms with E-state index in [0.29, 0.717) is 0 Å². The van der Waals surface area contributed by atoms with Gasteiger partial charge in [-0.15, -0.1) is 0 Å². The molecule has 0 radical (unpaired) electrons. The molecule has 5 heteroatoms. The molecule has 0 aliphatic rings. The predicted octanol–water partition coefficient (Wildman–Crippen LogP) is 0.907. The molecule has 0 N–H and O–H groups in total. The topological polar surface area (TPSA) is 34.1 Å². The van der Waals surface area contributed by atoms with Crippen molar-refractivity contribution < 1.29 is 8.42 Å². The van der Waals surface area contributed by atoms with Crippen LogP contribution < -0.4 is 0 Å². The molecule has 0 spiro atoms. The van der Waals surface area contributed by atoms with Crippen molar-refractivity contribution in [1.82, 2.24) is 0 Å². The Balaban J connectivity index is 3.85. The van der Waals surface area contributed by atoms with Crippen LogP contribution in [-0.2, 0) is 9.05 Å². The molecule has 0 unspecified atom stereocenters. The molecule has 0 bridgehead atoms. The van der Waals surface area contributed by atoms with Gasteiger partial charge >= 0.3 is 0 Å². The number of hydrogen-bond donors (Lipinski definition) is 0. The molecule has 38 valence electrons. The average Bonchev–Trinajstić information content (AvgIpc) is 1.35. The van der Waals surface area contributed by atoms with E-state index in [1.54, 1.807) is 0 Å². The Kier molecular flexibility index (Phi) is 2.39. The zero-order valence-corrected chi connectivity index (χ0v) is 5.85. The molecular weight excluding hydrogens is 191 g/mol. The van der Waals surface area contributed by atoms with E-state index >= 15 is 0 Å². The number of rotatable bonds is 1. The molecule has 0 saturated carbocycles. The van der Waals surface area contributed by atoms with Crippen LogP contribution in [0.25, 0.3) is 0 Å². The molecule has 0 atom stereocenters. The molecule has 0 saturated heterocycles. The molecule has 6 heavy (non-hydrogen) atoms. The molecule has 0 aromatic carbocycles. The van der Waals surface area contributed by atoms with Crippen molar-refractivity contribution in [2.24, 2.45) is 0 Å². The first-order chi connectivity index (χ1) is 2.56. The molecule has 0 aliphatic carbocycles. The van der Waals surface area contributed by atoms with E-state index < -0.39 is 9.05 Å².